The van der Waals surface area contributed by atoms with E-state index in [9.17, 15) is 14.6 Å². The molecule has 0 atom stereocenters. The van der Waals surface area contributed by atoms with Crippen molar-refractivity contribution in [3.63, 3.8) is 0 Å². The molecule has 0 unspecified atom stereocenters. The van der Waals surface area contributed by atoms with E-state index in [4.69, 9.17) is 4.74 Å². The van der Waals surface area contributed by atoms with E-state index < -0.39 is 18.4 Å². The van der Waals surface area contributed by atoms with E-state index >= 15 is 0 Å². The summed E-state index contributed by atoms with van der Waals surface area (Å²) in [5.74, 6) is -0.457. The third kappa shape index (κ3) is 2.54. The van der Waals surface area contributed by atoms with Gasteiger partial charge < -0.3 is 19.5 Å². The van der Waals surface area contributed by atoms with Gasteiger partial charge in [-0.25, -0.2) is 0 Å². The number of ether oxygens (including phenoxy) is 1. The van der Waals surface area contributed by atoms with Crippen LogP contribution >= 0.6 is 0 Å². The van der Waals surface area contributed by atoms with Gasteiger partial charge in [0.15, 0.2) is 0 Å². The second-order valence-electron chi connectivity index (χ2n) is 6.23. The van der Waals surface area contributed by atoms with Crippen LogP contribution in [0.3, 0.4) is 0 Å². The molecule has 6 nitrogen and oxygen atoms in total. The van der Waals surface area contributed by atoms with Crippen LogP contribution in [0.1, 0.15) is 18.4 Å². The van der Waals surface area contributed by atoms with Gasteiger partial charge in [-0.3, -0.25) is 9.59 Å². The number of fused-ring (bicyclic) bond motifs is 2. The number of piperidine rings is 1. The number of hydrogen-bond donors (Lipinski definition) is 1. The molecule has 2 aliphatic rings. The van der Waals surface area contributed by atoms with Crippen molar-refractivity contribution in [2.45, 2.75) is 25.1 Å². The first kappa shape index (κ1) is 16.0. The Bertz CT molecular complexity index is 626. The summed E-state index contributed by atoms with van der Waals surface area (Å²) in [5, 5.41) is 9.74. The highest BCUT2D eigenvalue weighted by atomic mass is 16.5. The zero-order valence-electron chi connectivity index (χ0n) is 13.5. The van der Waals surface area contributed by atoms with E-state index in [0.717, 1.165) is 11.3 Å². The first-order valence-corrected chi connectivity index (χ1v) is 7.90. The second kappa shape index (κ2) is 5.98. The van der Waals surface area contributed by atoms with Crippen molar-refractivity contribution in [3.05, 3.63) is 29.8 Å². The molecule has 23 heavy (non-hydrogen) atoms. The maximum absolute atomic E-state index is 13.1. The highest BCUT2D eigenvalue weighted by Crippen LogP contribution is 2.47. The van der Waals surface area contributed by atoms with Crippen LogP contribution in [0.2, 0.25) is 6.82 Å². The minimum atomic E-state index is -0.587. The summed E-state index contributed by atoms with van der Waals surface area (Å²) in [5.41, 5.74) is 1.20. The second-order valence-corrected chi connectivity index (χ2v) is 6.23. The molecule has 1 fully saturated rings. The van der Waals surface area contributed by atoms with Crippen LogP contribution in [0.4, 0.5) is 5.69 Å². The molecule has 0 aliphatic carbocycles. The fraction of sp³-hybridized carbons (Fsp3) is 0.500. The lowest BCUT2D eigenvalue weighted by Crippen LogP contribution is -2.52. The van der Waals surface area contributed by atoms with Crippen molar-refractivity contribution in [2.24, 2.45) is 0 Å². The van der Waals surface area contributed by atoms with Gasteiger partial charge in [-0.1, -0.05) is 18.2 Å². The summed E-state index contributed by atoms with van der Waals surface area (Å²) >= 11 is 0. The van der Waals surface area contributed by atoms with Crippen LogP contribution in [0.25, 0.3) is 0 Å². The molecule has 1 saturated heterocycles. The van der Waals surface area contributed by atoms with Crippen LogP contribution in [-0.4, -0.2) is 55.5 Å². The van der Waals surface area contributed by atoms with Crippen LogP contribution in [-0.2, 0) is 19.7 Å². The number of carbonyl (C=O) groups is 2. The number of anilines is 1. The molecule has 1 aromatic carbocycles. The van der Waals surface area contributed by atoms with Gasteiger partial charge in [-0.05, 0) is 44.4 Å². The predicted molar refractivity (Wildman–Crippen MR) is 87.1 cm³/mol. The summed E-state index contributed by atoms with van der Waals surface area (Å²) in [7, 11) is 0.816. The van der Waals surface area contributed by atoms with E-state index in [1.54, 1.807) is 11.7 Å². The van der Waals surface area contributed by atoms with Crippen molar-refractivity contribution >= 4 is 24.6 Å². The van der Waals surface area contributed by atoms with Gasteiger partial charge in [0.2, 0.25) is 5.91 Å². The SMILES string of the molecule is COC(=O)CN1C(=O)C2(CCN(B(C)O)CC2)c2ccccc21. The summed E-state index contributed by atoms with van der Waals surface area (Å²) in [4.78, 5) is 28.3. The molecule has 0 saturated carbocycles. The smallest absolute Gasteiger partial charge is 0.376 e. The maximum atomic E-state index is 13.1. The molecule has 2 heterocycles. The van der Waals surface area contributed by atoms with Gasteiger partial charge in [0.25, 0.3) is 0 Å². The van der Waals surface area contributed by atoms with E-state index in [1.807, 2.05) is 29.1 Å². The zero-order valence-corrected chi connectivity index (χ0v) is 13.5. The summed E-state index contributed by atoms with van der Waals surface area (Å²) in [6.07, 6.45) is 1.29. The molecule has 3 rings (SSSR count). The number of methoxy groups -OCH3 is 1. The highest BCUT2D eigenvalue weighted by Gasteiger charge is 2.52. The number of amides is 1. The normalized spacial score (nSPS) is 19.8. The number of benzene rings is 1. The Hall–Kier alpha value is -1.86. The fourth-order valence-electron chi connectivity index (χ4n) is 3.71. The quantitative estimate of drug-likeness (QED) is 0.655. The minimum absolute atomic E-state index is 0.0330. The van der Waals surface area contributed by atoms with Crippen LogP contribution in [0.5, 0.6) is 0 Å². The predicted octanol–water partition coefficient (Wildman–Crippen LogP) is 0.650. The average Bonchev–Trinajstić information content (AvgIpc) is 2.78. The van der Waals surface area contributed by atoms with Gasteiger partial charge in [-0.15, -0.1) is 0 Å². The van der Waals surface area contributed by atoms with Gasteiger partial charge in [-0.2, -0.15) is 0 Å². The third-order valence-corrected chi connectivity index (χ3v) is 5.06. The Morgan fingerprint density at radius 2 is 2.00 bits per heavy atom. The number of esters is 1. The molecule has 7 heteroatoms. The highest BCUT2D eigenvalue weighted by molar-refractivity contribution is 6.45. The monoisotopic (exact) mass is 316 g/mol. The van der Waals surface area contributed by atoms with Crippen LogP contribution in [0.15, 0.2) is 24.3 Å². The van der Waals surface area contributed by atoms with E-state index in [0.29, 0.717) is 25.9 Å². The summed E-state index contributed by atoms with van der Waals surface area (Å²) in [6.45, 7) is 2.99. The van der Waals surface area contributed by atoms with Crippen molar-refractivity contribution in [2.75, 3.05) is 31.6 Å². The average molecular weight is 316 g/mol. The largest absolute Gasteiger partial charge is 0.468 e. The van der Waals surface area contributed by atoms with Gasteiger partial charge in [0.1, 0.15) is 6.54 Å². The number of hydrogen-bond acceptors (Lipinski definition) is 5. The van der Waals surface area contributed by atoms with Crippen molar-refractivity contribution in [3.8, 4) is 0 Å². The first-order valence-electron chi connectivity index (χ1n) is 7.90. The molecule has 1 N–H and O–H groups in total. The van der Waals surface area contributed by atoms with Crippen LogP contribution < -0.4 is 4.90 Å². The van der Waals surface area contributed by atoms with Crippen molar-refractivity contribution in [1.82, 2.24) is 4.81 Å². The van der Waals surface area contributed by atoms with Crippen molar-refractivity contribution < 1.29 is 19.3 Å². The lowest BCUT2D eigenvalue weighted by Gasteiger charge is -2.39. The minimum Gasteiger partial charge on any atom is -0.468 e. The molecule has 2 aliphatic heterocycles. The summed E-state index contributed by atoms with van der Waals surface area (Å²) < 4.78 is 4.73. The maximum Gasteiger partial charge on any atom is 0.376 e. The Balaban J connectivity index is 1.93. The van der Waals surface area contributed by atoms with Gasteiger partial charge in [0.05, 0.1) is 12.5 Å². The van der Waals surface area contributed by atoms with E-state index in [-0.39, 0.29) is 12.5 Å². The van der Waals surface area contributed by atoms with E-state index in [2.05, 4.69) is 0 Å². The van der Waals surface area contributed by atoms with Crippen molar-refractivity contribution in [1.29, 1.82) is 0 Å². The number of rotatable bonds is 3. The third-order valence-electron chi connectivity index (χ3n) is 5.06. The van der Waals surface area contributed by atoms with Gasteiger partial charge >= 0.3 is 13.0 Å². The first-order chi connectivity index (χ1) is 11.0. The zero-order chi connectivity index (χ0) is 16.6. The molecular weight excluding hydrogens is 295 g/mol. The Morgan fingerprint density at radius 3 is 2.61 bits per heavy atom. The lowest BCUT2D eigenvalue weighted by molar-refractivity contribution is -0.140. The van der Waals surface area contributed by atoms with Gasteiger partial charge in [0, 0.05) is 5.69 Å². The molecule has 1 amide bonds. The molecule has 1 spiro atoms. The van der Waals surface area contributed by atoms with E-state index in [1.165, 1.54) is 7.11 Å². The molecule has 122 valence electrons. The standard InChI is InChI=1S/C16H21BN2O4/c1-17(22)18-9-7-16(8-10-18)12-5-3-4-6-13(12)19(15(16)21)11-14(20)23-2/h3-6,22H,7-11H2,1-2H3. The summed E-state index contributed by atoms with van der Waals surface area (Å²) in [6, 6.07) is 7.66. The Kier molecular flexibility index (Phi) is 4.16. The number of para-hydroxylation sites is 1. The fourth-order valence-corrected chi connectivity index (χ4v) is 3.71. The molecular formula is C16H21BN2O4. The number of nitrogens with zero attached hydrogens (tertiary/aromatic N) is 2. The Labute approximate surface area is 136 Å². The Morgan fingerprint density at radius 1 is 1.35 bits per heavy atom. The molecule has 1 aromatic rings. The molecule has 0 aromatic heterocycles. The number of carbonyl (C=O) groups excluding carboxylic acids is 2. The van der Waals surface area contributed by atoms with Crippen LogP contribution in [0, 0.1) is 0 Å². The topological polar surface area (TPSA) is 70.1 Å². The lowest BCUT2D eigenvalue weighted by atomic mass is 9.70. The molecule has 0 bridgehead atoms. The molecule has 0 radical (unpaired) electrons.